The molecule has 0 saturated carbocycles. The van der Waals surface area contributed by atoms with Crippen LogP contribution in [0.1, 0.15) is 22.3 Å². The van der Waals surface area contributed by atoms with E-state index in [1.807, 2.05) is 13.8 Å². The molecule has 0 aliphatic carbocycles. The number of phenolic OH excluding ortho intramolecular Hbond substituents is 1. The molecule has 8 heteroatoms. The van der Waals surface area contributed by atoms with Gasteiger partial charge in [0.25, 0.3) is 0 Å². The van der Waals surface area contributed by atoms with Gasteiger partial charge in [0.1, 0.15) is 11.5 Å². The molecule has 25 heavy (non-hydrogen) atoms. The number of hydrogen-bond donors (Lipinski definition) is 4. The van der Waals surface area contributed by atoms with E-state index in [1.54, 1.807) is 24.3 Å². The first kappa shape index (κ1) is 19.0. The molecule has 134 valence electrons. The van der Waals surface area contributed by atoms with Gasteiger partial charge in [0.05, 0.1) is 5.69 Å². The van der Waals surface area contributed by atoms with Gasteiger partial charge in [0.2, 0.25) is 6.41 Å². The number of nitrogens with one attached hydrogen (secondary N) is 1. The second kappa shape index (κ2) is 7.70. The second-order valence-corrected chi connectivity index (χ2v) is 7.35. The number of phenols is 1. The summed E-state index contributed by atoms with van der Waals surface area (Å²) in [6.45, 7) is 3.77. The molecule has 0 spiro atoms. The second-order valence-electron chi connectivity index (χ2n) is 5.76. The fourth-order valence-corrected chi connectivity index (χ4v) is 2.87. The Labute approximate surface area is 145 Å². The molecule has 0 aliphatic heterocycles. The summed E-state index contributed by atoms with van der Waals surface area (Å²) in [6.07, 6.45) is 0.413. The van der Waals surface area contributed by atoms with Crippen molar-refractivity contribution in [3.63, 3.8) is 0 Å². The van der Waals surface area contributed by atoms with E-state index in [0.29, 0.717) is 24.3 Å². The lowest BCUT2D eigenvalue weighted by molar-refractivity contribution is -0.105. The lowest BCUT2D eigenvalue weighted by atomic mass is 9.95. The van der Waals surface area contributed by atoms with Crippen molar-refractivity contribution in [3.05, 3.63) is 52.6 Å². The van der Waals surface area contributed by atoms with Crippen molar-refractivity contribution in [2.45, 2.75) is 20.3 Å². The molecular weight excluding hydrogens is 345 g/mol. The smallest absolute Gasteiger partial charge is 0.362 e. The van der Waals surface area contributed by atoms with E-state index in [1.165, 1.54) is 6.07 Å². The molecule has 2 aromatic rings. The summed E-state index contributed by atoms with van der Waals surface area (Å²) >= 11 is 0. The summed E-state index contributed by atoms with van der Waals surface area (Å²) in [5.41, 5.74) is 4.10. The molecule has 0 fully saturated rings. The number of aromatic hydroxyl groups is 1. The van der Waals surface area contributed by atoms with Gasteiger partial charge in [-0.25, -0.2) is 0 Å². The Bertz CT molecular complexity index is 807. The van der Waals surface area contributed by atoms with Gasteiger partial charge in [-0.1, -0.05) is 6.07 Å². The van der Waals surface area contributed by atoms with Gasteiger partial charge >= 0.3 is 7.60 Å². The van der Waals surface area contributed by atoms with Crippen molar-refractivity contribution in [2.75, 3.05) is 11.7 Å². The summed E-state index contributed by atoms with van der Waals surface area (Å²) in [5, 5.41) is 12.1. The minimum Gasteiger partial charge on any atom is -0.506 e. The summed E-state index contributed by atoms with van der Waals surface area (Å²) in [4.78, 5) is 28.4. The predicted octanol–water partition coefficient (Wildman–Crippen LogP) is 2.68. The highest BCUT2D eigenvalue weighted by atomic mass is 31.2. The average Bonchev–Trinajstić information content (AvgIpc) is 2.51. The van der Waals surface area contributed by atoms with Gasteiger partial charge in [0.15, 0.2) is 6.35 Å². The minimum atomic E-state index is -4.23. The fourth-order valence-electron chi connectivity index (χ4n) is 2.55. The largest absolute Gasteiger partial charge is 0.506 e. The third kappa shape index (κ3) is 5.32. The van der Waals surface area contributed by atoms with E-state index in [4.69, 9.17) is 14.5 Å². The van der Waals surface area contributed by atoms with E-state index in [-0.39, 0.29) is 5.75 Å². The first-order valence-corrected chi connectivity index (χ1v) is 9.29. The standard InChI is InChI=1S/C17H20NO6P/c1-11-5-14(24-10-25(21,22)23)6-12(2)15(11)7-13-3-4-17(20)16(8-13)18-9-19/h3-6,8-9,20H,7,10H2,1-2H3,(H,18,19)(H2,21,22,23). The van der Waals surface area contributed by atoms with E-state index in [9.17, 15) is 14.5 Å². The first-order valence-electron chi connectivity index (χ1n) is 7.49. The Kier molecular flexibility index (Phi) is 5.85. The van der Waals surface area contributed by atoms with Gasteiger partial charge < -0.3 is 24.9 Å². The molecule has 0 aliphatic rings. The van der Waals surface area contributed by atoms with Crippen molar-refractivity contribution in [3.8, 4) is 11.5 Å². The van der Waals surface area contributed by atoms with Gasteiger partial charge in [-0.05, 0) is 66.8 Å². The zero-order valence-electron chi connectivity index (χ0n) is 13.9. The van der Waals surface area contributed by atoms with Gasteiger partial charge in [-0.2, -0.15) is 0 Å². The van der Waals surface area contributed by atoms with Crippen LogP contribution >= 0.6 is 7.60 Å². The summed E-state index contributed by atoms with van der Waals surface area (Å²) in [5.74, 6) is 0.390. The van der Waals surface area contributed by atoms with Crippen LogP contribution in [-0.4, -0.2) is 27.7 Å². The van der Waals surface area contributed by atoms with Crippen LogP contribution < -0.4 is 10.1 Å². The van der Waals surface area contributed by atoms with Gasteiger partial charge in [0, 0.05) is 0 Å². The average molecular weight is 365 g/mol. The Morgan fingerprint density at radius 2 is 1.80 bits per heavy atom. The molecule has 0 radical (unpaired) electrons. The van der Waals surface area contributed by atoms with E-state index in [2.05, 4.69) is 5.32 Å². The van der Waals surface area contributed by atoms with Crippen LogP contribution in [0, 0.1) is 13.8 Å². The molecule has 0 unspecified atom stereocenters. The van der Waals surface area contributed by atoms with Crippen LogP contribution in [0.25, 0.3) is 0 Å². The highest BCUT2D eigenvalue weighted by Crippen LogP contribution is 2.35. The summed E-state index contributed by atoms with van der Waals surface area (Å²) in [6, 6.07) is 8.43. The molecular formula is C17H20NO6P. The Morgan fingerprint density at radius 3 is 2.36 bits per heavy atom. The predicted molar refractivity (Wildman–Crippen MR) is 94.1 cm³/mol. The maximum Gasteiger partial charge on any atom is 0.362 e. The van der Waals surface area contributed by atoms with Crippen molar-refractivity contribution < 1.29 is 29.0 Å². The number of amides is 1. The third-order valence-corrected chi connectivity index (χ3v) is 4.19. The normalized spacial score (nSPS) is 11.2. The highest BCUT2D eigenvalue weighted by molar-refractivity contribution is 7.51. The SMILES string of the molecule is Cc1cc(OCP(=O)(O)O)cc(C)c1Cc1ccc(O)c(NC=O)c1. The Morgan fingerprint density at radius 1 is 1.16 bits per heavy atom. The number of hydrogen-bond acceptors (Lipinski definition) is 4. The number of aryl methyl sites for hydroxylation is 2. The van der Waals surface area contributed by atoms with E-state index >= 15 is 0 Å². The van der Waals surface area contributed by atoms with Crippen LogP contribution in [0.4, 0.5) is 5.69 Å². The molecule has 0 aromatic heterocycles. The monoisotopic (exact) mass is 365 g/mol. The van der Waals surface area contributed by atoms with Crippen molar-refractivity contribution in [2.24, 2.45) is 0 Å². The number of ether oxygens (including phenoxy) is 1. The number of anilines is 1. The number of benzene rings is 2. The molecule has 0 heterocycles. The maximum absolute atomic E-state index is 10.9. The zero-order chi connectivity index (χ0) is 18.6. The molecule has 2 rings (SSSR count). The Hall–Kier alpha value is -2.34. The van der Waals surface area contributed by atoms with Crippen LogP contribution in [-0.2, 0) is 15.8 Å². The van der Waals surface area contributed by atoms with E-state index < -0.39 is 13.9 Å². The first-order chi connectivity index (χ1) is 11.7. The van der Waals surface area contributed by atoms with Crippen molar-refractivity contribution in [1.82, 2.24) is 0 Å². The van der Waals surface area contributed by atoms with E-state index in [0.717, 1.165) is 22.3 Å². The quantitative estimate of drug-likeness (QED) is 0.341. The lowest BCUT2D eigenvalue weighted by Crippen LogP contribution is -2.02. The maximum atomic E-state index is 10.9. The van der Waals surface area contributed by atoms with Crippen molar-refractivity contribution >= 4 is 19.7 Å². The van der Waals surface area contributed by atoms with Gasteiger partial charge in [-0.15, -0.1) is 0 Å². The molecule has 0 saturated heterocycles. The summed E-state index contributed by atoms with van der Waals surface area (Å²) < 4.78 is 16.1. The lowest BCUT2D eigenvalue weighted by Gasteiger charge is -2.15. The Balaban J connectivity index is 2.24. The van der Waals surface area contributed by atoms with Crippen LogP contribution in [0.2, 0.25) is 0 Å². The molecule has 7 nitrogen and oxygen atoms in total. The molecule has 4 N–H and O–H groups in total. The number of carbonyl (C=O) groups excluding carboxylic acids is 1. The highest BCUT2D eigenvalue weighted by Gasteiger charge is 2.15. The van der Waals surface area contributed by atoms with Crippen LogP contribution in [0.15, 0.2) is 30.3 Å². The third-order valence-electron chi connectivity index (χ3n) is 3.73. The fraction of sp³-hybridized carbons (Fsp3) is 0.235. The number of carbonyl (C=O) groups is 1. The molecule has 2 aromatic carbocycles. The van der Waals surface area contributed by atoms with Gasteiger partial charge in [-0.3, -0.25) is 9.36 Å². The molecule has 1 amide bonds. The zero-order valence-corrected chi connectivity index (χ0v) is 14.8. The molecule has 0 bridgehead atoms. The minimum absolute atomic E-state index is 0.00882. The number of rotatable bonds is 7. The van der Waals surface area contributed by atoms with Crippen LogP contribution in [0.3, 0.4) is 0 Å². The molecule has 0 atom stereocenters. The van der Waals surface area contributed by atoms with Crippen molar-refractivity contribution in [1.29, 1.82) is 0 Å². The topological polar surface area (TPSA) is 116 Å². The van der Waals surface area contributed by atoms with Crippen LogP contribution in [0.5, 0.6) is 11.5 Å². The summed E-state index contributed by atoms with van der Waals surface area (Å²) in [7, 11) is -4.23.